The van der Waals surface area contributed by atoms with Gasteiger partial charge in [-0.25, -0.2) is 0 Å². The van der Waals surface area contributed by atoms with E-state index in [2.05, 4.69) is 37.4 Å². The van der Waals surface area contributed by atoms with Crippen LogP contribution in [0, 0.1) is 0 Å². The third-order valence-electron chi connectivity index (χ3n) is 1.39. The maximum atomic E-state index is 2.77. The molecule has 3 heteroatoms. The van der Waals surface area contributed by atoms with Crippen molar-refractivity contribution in [3.63, 3.8) is 0 Å². The van der Waals surface area contributed by atoms with E-state index in [9.17, 15) is 0 Å². The van der Waals surface area contributed by atoms with E-state index in [4.69, 9.17) is 0 Å². The van der Waals surface area contributed by atoms with Gasteiger partial charge in [-0.3, -0.25) is 0 Å². The fourth-order valence-electron chi connectivity index (χ4n) is 0.905. The molecule has 1 saturated heterocycles. The van der Waals surface area contributed by atoms with Crippen molar-refractivity contribution in [1.29, 1.82) is 0 Å². The summed E-state index contributed by atoms with van der Waals surface area (Å²) in [5.74, 6) is 0. The normalized spacial score (nSPS) is 31.8. The fraction of sp³-hybridized carbons (Fsp3) is 1.00. The second-order valence-electron chi connectivity index (χ2n) is 2.17. The van der Waals surface area contributed by atoms with E-state index in [-0.39, 0.29) is 0 Å². The summed E-state index contributed by atoms with van der Waals surface area (Å²) in [6.45, 7) is 0. The summed E-state index contributed by atoms with van der Waals surface area (Å²) in [6, 6.07) is 0. The maximum absolute atomic E-state index is 2.77. The van der Waals surface area contributed by atoms with Gasteiger partial charge in [-0.05, 0) is 0 Å². The molecule has 1 fully saturated rings. The standard InChI is InChI=1S/C5H10I2Te/c6-8(7)4-2-1-3-5-8/h1-5H2. The summed E-state index contributed by atoms with van der Waals surface area (Å²) < 4.78 is 3.23. The van der Waals surface area contributed by atoms with Crippen LogP contribution in [0.3, 0.4) is 0 Å². The van der Waals surface area contributed by atoms with Crippen molar-refractivity contribution < 1.29 is 0 Å². The molecule has 0 aliphatic carbocycles. The average Bonchev–Trinajstić information content (AvgIpc) is 1.65. The van der Waals surface area contributed by atoms with Gasteiger partial charge >= 0.3 is 75.9 Å². The molecule has 0 saturated carbocycles. The first-order valence-corrected chi connectivity index (χ1v) is 19.8. The molecule has 1 heterocycles. The van der Waals surface area contributed by atoms with Crippen LogP contribution in [-0.4, -0.2) is 10.3 Å². The summed E-state index contributed by atoms with van der Waals surface area (Å²) in [5.41, 5.74) is 0. The number of hydrogen-bond acceptors (Lipinski definition) is 0. The number of halogens is 2. The molecule has 8 heavy (non-hydrogen) atoms. The van der Waals surface area contributed by atoms with E-state index >= 15 is 0 Å². The van der Waals surface area contributed by atoms with Crippen LogP contribution in [0.25, 0.3) is 0 Å². The van der Waals surface area contributed by atoms with E-state index in [0.717, 1.165) is 0 Å². The SMILES string of the molecule is I[Te]1(I)CCCCC1. The predicted molar refractivity (Wildman–Crippen MR) is 57.3 cm³/mol. The fourth-order valence-corrected chi connectivity index (χ4v) is 13.4. The van der Waals surface area contributed by atoms with Crippen molar-refractivity contribution in [2.75, 3.05) is 0 Å². The van der Waals surface area contributed by atoms with Crippen molar-refractivity contribution >= 4 is 47.7 Å². The van der Waals surface area contributed by atoms with Gasteiger partial charge < -0.3 is 0 Å². The molecule has 1 aliphatic rings. The minimum atomic E-state index is -1.12. The molecule has 0 amide bonds. The molecule has 0 aromatic carbocycles. The van der Waals surface area contributed by atoms with E-state index in [1.807, 2.05) is 0 Å². The van der Waals surface area contributed by atoms with Gasteiger partial charge in [0.15, 0.2) is 0 Å². The molecule has 0 aromatic rings. The van der Waals surface area contributed by atoms with Crippen LogP contribution in [0.4, 0.5) is 0 Å². The number of rotatable bonds is 0. The molecule has 50 valence electrons. The zero-order chi connectivity index (χ0) is 6.04. The van der Waals surface area contributed by atoms with E-state index in [0.29, 0.717) is 0 Å². The first-order chi connectivity index (χ1) is 3.71. The van der Waals surface area contributed by atoms with Gasteiger partial charge in [0, 0.05) is 0 Å². The summed E-state index contributed by atoms with van der Waals surface area (Å²) in [7, 11) is -1.12. The first kappa shape index (κ1) is 8.35. The quantitative estimate of drug-likeness (QED) is 0.391. The van der Waals surface area contributed by atoms with Crippen LogP contribution in [0.5, 0.6) is 0 Å². The zero-order valence-electron chi connectivity index (χ0n) is 4.70. The van der Waals surface area contributed by atoms with Gasteiger partial charge in [0.1, 0.15) is 0 Å². The molecule has 0 aromatic heterocycles. The van der Waals surface area contributed by atoms with Gasteiger partial charge in [-0.15, -0.1) is 0 Å². The molecule has 1 rings (SSSR count). The van der Waals surface area contributed by atoms with E-state index in [1.165, 1.54) is 19.3 Å². The Hall–Kier alpha value is 2.25. The van der Waals surface area contributed by atoms with E-state index < -0.39 is 10.3 Å². The summed E-state index contributed by atoms with van der Waals surface area (Å²) in [6.07, 6.45) is 4.58. The van der Waals surface area contributed by atoms with Crippen molar-refractivity contribution in [2.45, 2.75) is 28.2 Å². The van der Waals surface area contributed by atoms with Crippen molar-refractivity contribution in [2.24, 2.45) is 0 Å². The van der Waals surface area contributed by atoms with Crippen LogP contribution in [0.1, 0.15) is 19.3 Å². The molecular weight excluding hydrogens is 441 g/mol. The monoisotopic (exact) mass is 454 g/mol. The minimum absolute atomic E-state index is 1.12. The van der Waals surface area contributed by atoms with Crippen LogP contribution in [0.15, 0.2) is 0 Å². The molecule has 0 N–H and O–H groups in total. The van der Waals surface area contributed by atoms with Crippen molar-refractivity contribution in [3.8, 4) is 0 Å². The molecule has 1 aliphatic heterocycles. The van der Waals surface area contributed by atoms with Crippen molar-refractivity contribution in [3.05, 3.63) is 0 Å². The van der Waals surface area contributed by atoms with Crippen LogP contribution in [-0.2, 0) is 0 Å². The topological polar surface area (TPSA) is 0 Å². The second-order valence-corrected chi connectivity index (χ2v) is 42.4. The Morgan fingerprint density at radius 3 is 1.62 bits per heavy atom. The Bertz CT molecular complexity index is 74.5. The Morgan fingerprint density at radius 1 is 0.875 bits per heavy atom. The Balaban J connectivity index is 2.33. The van der Waals surface area contributed by atoms with Gasteiger partial charge in [0.05, 0.1) is 0 Å². The molecule has 0 bridgehead atoms. The molecular formula is C5H10I2Te. The third kappa shape index (κ3) is 2.89. The summed E-state index contributed by atoms with van der Waals surface area (Å²) in [5, 5.41) is 0. The van der Waals surface area contributed by atoms with E-state index in [1.54, 1.807) is 8.94 Å². The van der Waals surface area contributed by atoms with Gasteiger partial charge in [0.25, 0.3) is 0 Å². The Morgan fingerprint density at radius 2 is 1.38 bits per heavy atom. The summed E-state index contributed by atoms with van der Waals surface area (Å²) in [4.78, 5) is 0. The third-order valence-corrected chi connectivity index (χ3v) is 18.3. The van der Waals surface area contributed by atoms with Crippen LogP contribution < -0.4 is 0 Å². The molecule has 0 radical (unpaired) electrons. The second kappa shape index (κ2) is 3.59. The zero-order valence-corrected chi connectivity index (χ0v) is 11.3. The Labute approximate surface area is 74.5 Å². The van der Waals surface area contributed by atoms with Gasteiger partial charge in [-0.1, -0.05) is 0 Å². The van der Waals surface area contributed by atoms with Crippen LogP contribution in [0.2, 0.25) is 8.94 Å². The predicted octanol–water partition coefficient (Wildman–Crippen LogP) is 3.48. The number of hydrogen-bond donors (Lipinski definition) is 0. The summed E-state index contributed by atoms with van der Waals surface area (Å²) >= 11 is 5.54. The molecule has 0 atom stereocenters. The molecule has 0 unspecified atom stereocenters. The van der Waals surface area contributed by atoms with Gasteiger partial charge in [-0.2, -0.15) is 0 Å². The molecule has 0 spiro atoms. The van der Waals surface area contributed by atoms with Gasteiger partial charge in [0.2, 0.25) is 0 Å². The van der Waals surface area contributed by atoms with Crippen molar-refractivity contribution in [1.82, 2.24) is 0 Å². The van der Waals surface area contributed by atoms with Crippen LogP contribution >= 0.6 is 37.4 Å². The molecule has 0 nitrogen and oxygen atoms in total. The average molecular weight is 452 g/mol. The Kier molecular flexibility index (Phi) is 3.74. The first-order valence-electron chi connectivity index (χ1n) is 2.89.